The zero-order valence-corrected chi connectivity index (χ0v) is 15.4. The van der Waals surface area contributed by atoms with Crippen LogP contribution in [0.2, 0.25) is 0 Å². The van der Waals surface area contributed by atoms with Crippen molar-refractivity contribution in [3.8, 4) is 11.5 Å². The smallest absolute Gasteiger partial charge is 0.204 e. The van der Waals surface area contributed by atoms with Crippen LogP contribution in [0.5, 0.6) is 11.5 Å². The van der Waals surface area contributed by atoms with Gasteiger partial charge in [-0.25, -0.2) is 0 Å². The van der Waals surface area contributed by atoms with Gasteiger partial charge in [0, 0.05) is 0 Å². The maximum atomic E-state index is 13.9. The first-order chi connectivity index (χ1) is 12.6. The number of allylic oxidation sites excluding steroid dienone is 1. The van der Waals surface area contributed by atoms with Crippen LogP contribution in [0.3, 0.4) is 0 Å². The Bertz CT molecular complexity index is 604. The van der Waals surface area contributed by atoms with Crippen LogP contribution in [0.4, 0.5) is 8.78 Å². The summed E-state index contributed by atoms with van der Waals surface area (Å²) < 4.78 is 43.8. The standard InChI is InChI=1S/C21H28F2O3/c1-3-14-4-6-15(7-5-14)16-8-9-17(25-12-16)13-26-19-11-10-18(24-2)20(22)21(19)23/h3,10-11,14-17H,1,4-9,12-13H2,2H3. The molecule has 144 valence electrons. The predicted octanol–water partition coefficient (Wildman–Crippen LogP) is 5.14. The van der Waals surface area contributed by atoms with Gasteiger partial charge in [0.25, 0.3) is 0 Å². The van der Waals surface area contributed by atoms with Crippen molar-refractivity contribution in [1.29, 1.82) is 0 Å². The lowest BCUT2D eigenvalue weighted by atomic mass is 9.74. The van der Waals surface area contributed by atoms with Gasteiger partial charge in [-0.05, 0) is 68.4 Å². The van der Waals surface area contributed by atoms with E-state index in [1.807, 2.05) is 0 Å². The molecule has 2 aliphatic rings. The van der Waals surface area contributed by atoms with E-state index in [9.17, 15) is 8.78 Å². The van der Waals surface area contributed by atoms with E-state index in [1.54, 1.807) is 0 Å². The van der Waals surface area contributed by atoms with Gasteiger partial charge < -0.3 is 14.2 Å². The number of hydrogen-bond acceptors (Lipinski definition) is 3. The number of hydrogen-bond donors (Lipinski definition) is 0. The lowest BCUT2D eigenvalue weighted by Crippen LogP contribution is -2.35. The molecule has 2 atom stereocenters. The lowest BCUT2D eigenvalue weighted by molar-refractivity contribution is -0.0557. The molecule has 0 spiro atoms. The van der Waals surface area contributed by atoms with Crippen molar-refractivity contribution < 1.29 is 23.0 Å². The topological polar surface area (TPSA) is 27.7 Å². The first kappa shape index (κ1) is 19.2. The zero-order chi connectivity index (χ0) is 18.5. The van der Waals surface area contributed by atoms with Gasteiger partial charge in [-0.2, -0.15) is 8.78 Å². The summed E-state index contributed by atoms with van der Waals surface area (Å²) in [6, 6.07) is 2.76. The number of halogens is 2. The van der Waals surface area contributed by atoms with Crippen LogP contribution >= 0.6 is 0 Å². The molecule has 0 amide bonds. The second-order valence-electron chi connectivity index (χ2n) is 7.41. The number of ether oxygens (including phenoxy) is 3. The van der Waals surface area contributed by atoms with E-state index in [1.165, 1.54) is 44.9 Å². The van der Waals surface area contributed by atoms with Crippen molar-refractivity contribution in [3.05, 3.63) is 36.4 Å². The van der Waals surface area contributed by atoms with E-state index >= 15 is 0 Å². The fourth-order valence-corrected chi connectivity index (χ4v) is 4.15. The van der Waals surface area contributed by atoms with Crippen molar-refractivity contribution in [2.75, 3.05) is 20.3 Å². The van der Waals surface area contributed by atoms with E-state index in [0.717, 1.165) is 25.4 Å². The fourth-order valence-electron chi connectivity index (χ4n) is 4.15. The lowest BCUT2D eigenvalue weighted by Gasteiger charge is -2.37. The quantitative estimate of drug-likeness (QED) is 0.653. The fraction of sp³-hybridized carbons (Fsp3) is 0.619. The van der Waals surface area contributed by atoms with E-state index in [0.29, 0.717) is 11.8 Å². The summed E-state index contributed by atoms with van der Waals surface area (Å²) in [5, 5.41) is 0. The molecular formula is C21H28F2O3. The minimum Gasteiger partial charge on any atom is -0.494 e. The Hall–Kier alpha value is -1.62. The van der Waals surface area contributed by atoms with Crippen LogP contribution in [-0.2, 0) is 4.74 Å². The zero-order valence-electron chi connectivity index (χ0n) is 15.4. The third-order valence-electron chi connectivity index (χ3n) is 5.88. The van der Waals surface area contributed by atoms with Gasteiger partial charge in [-0.15, -0.1) is 6.58 Å². The number of methoxy groups -OCH3 is 1. The van der Waals surface area contributed by atoms with E-state index < -0.39 is 11.6 Å². The second kappa shape index (κ2) is 8.85. The minimum atomic E-state index is -1.02. The molecule has 2 unspecified atom stereocenters. The highest BCUT2D eigenvalue weighted by Gasteiger charge is 2.31. The first-order valence-corrected chi connectivity index (χ1v) is 9.51. The summed E-state index contributed by atoms with van der Waals surface area (Å²) in [5.41, 5.74) is 0. The van der Waals surface area contributed by atoms with Gasteiger partial charge in [0.2, 0.25) is 11.6 Å². The molecule has 1 aromatic rings. The Morgan fingerprint density at radius 3 is 2.31 bits per heavy atom. The number of rotatable bonds is 6. The summed E-state index contributed by atoms with van der Waals surface area (Å²) in [6.45, 7) is 4.87. The molecule has 2 fully saturated rings. The van der Waals surface area contributed by atoms with Gasteiger partial charge in [-0.3, -0.25) is 0 Å². The largest absolute Gasteiger partial charge is 0.494 e. The van der Waals surface area contributed by atoms with Crippen LogP contribution in [-0.4, -0.2) is 26.4 Å². The molecule has 1 aliphatic heterocycles. The Balaban J connectivity index is 1.45. The molecule has 3 rings (SSSR count). The van der Waals surface area contributed by atoms with Gasteiger partial charge in [0.05, 0.1) is 19.8 Å². The van der Waals surface area contributed by atoms with E-state index in [-0.39, 0.29) is 24.2 Å². The summed E-state index contributed by atoms with van der Waals surface area (Å²) in [6.07, 6.45) is 9.00. The highest BCUT2D eigenvalue weighted by atomic mass is 19.2. The van der Waals surface area contributed by atoms with Gasteiger partial charge in [0.15, 0.2) is 11.5 Å². The predicted molar refractivity (Wildman–Crippen MR) is 96.5 cm³/mol. The molecule has 0 aromatic heterocycles. The SMILES string of the molecule is C=CC1CCC(C2CCC(COc3ccc(OC)c(F)c3F)OC2)CC1. The Kier molecular flexibility index (Phi) is 6.52. The third-order valence-corrected chi connectivity index (χ3v) is 5.88. The second-order valence-corrected chi connectivity index (χ2v) is 7.41. The molecule has 1 aromatic carbocycles. The molecule has 3 nitrogen and oxygen atoms in total. The average molecular weight is 366 g/mol. The van der Waals surface area contributed by atoms with Crippen LogP contribution in [0, 0.1) is 29.4 Å². The third kappa shape index (κ3) is 4.37. The molecule has 5 heteroatoms. The Morgan fingerprint density at radius 2 is 1.69 bits per heavy atom. The summed E-state index contributed by atoms with van der Waals surface area (Å²) >= 11 is 0. The van der Waals surface area contributed by atoms with Gasteiger partial charge >= 0.3 is 0 Å². The van der Waals surface area contributed by atoms with Crippen LogP contribution in [0.15, 0.2) is 24.8 Å². The average Bonchev–Trinajstić information content (AvgIpc) is 2.70. The Labute approximate surface area is 154 Å². The van der Waals surface area contributed by atoms with E-state index in [2.05, 4.69) is 12.7 Å². The van der Waals surface area contributed by atoms with Gasteiger partial charge in [0.1, 0.15) is 6.61 Å². The molecule has 0 bridgehead atoms. The van der Waals surface area contributed by atoms with Crippen LogP contribution < -0.4 is 9.47 Å². The van der Waals surface area contributed by atoms with E-state index in [4.69, 9.17) is 14.2 Å². The molecule has 1 heterocycles. The minimum absolute atomic E-state index is 0.0691. The molecule has 1 saturated heterocycles. The van der Waals surface area contributed by atoms with Crippen LogP contribution in [0.1, 0.15) is 38.5 Å². The van der Waals surface area contributed by atoms with Crippen molar-refractivity contribution in [2.45, 2.75) is 44.6 Å². The normalized spacial score (nSPS) is 29.2. The molecular weight excluding hydrogens is 338 g/mol. The van der Waals surface area contributed by atoms with Gasteiger partial charge in [-0.1, -0.05) is 6.08 Å². The van der Waals surface area contributed by atoms with Crippen LogP contribution in [0.25, 0.3) is 0 Å². The van der Waals surface area contributed by atoms with Crippen molar-refractivity contribution in [1.82, 2.24) is 0 Å². The maximum Gasteiger partial charge on any atom is 0.204 e. The molecule has 0 N–H and O–H groups in total. The maximum absolute atomic E-state index is 13.9. The van der Waals surface area contributed by atoms with Crippen molar-refractivity contribution >= 4 is 0 Å². The summed E-state index contributed by atoms with van der Waals surface area (Å²) in [7, 11) is 1.30. The highest BCUT2D eigenvalue weighted by Crippen LogP contribution is 2.38. The Morgan fingerprint density at radius 1 is 1.04 bits per heavy atom. The monoisotopic (exact) mass is 366 g/mol. The van der Waals surface area contributed by atoms with Crippen molar-refractivity contribution in [3.63, 3.8) is 0 Å². The summed E-state index contributed by atoms with van der Waals surface area (Å²) in [5.74, 6) is -0.249. The number of benzene rings is 1. The first-order valence-electron chi connectivity index (χ1n) is 9.51. The molecule has 1 aliphatic carbocycles. The highest BCUT2D eigenvalue weighted by molar-refractivity contribution is 5.34. The molecule has 26 heavy (non-hydrogen) atoms. The van der Waals surface area contributed by atoms with Crippen molar-refractivity contribution in [2.24, 2.45) is 17.8 Å². The molecule has 0 radical (unpaired) electrons. The molecule has 1 saturated carbocycles. The summed E-state index contributed by atoms with van der Waals surface area (Å²) in [4.78, 5) is 0.